The molecule has 0 aliphatic heterocycles. The van der Waals surface area contributed by atoms with Gasteiger partial charge < -0.3 is 5.32 Å². The van der Waals surface area contributed by atoms with Gasteiger partial charge in [-0.1, -0.05) is 48.6 Å². The normalized spacial score (nSPS) is 13.7. The first-order valence-corrected chi connectivity index (χ1v) is 8.89. The molecule has 1 aromatic carbocycles. The molecule has 1 aromatic rings. The molecule has 0 radical (unpaired) electrons. The van der Waals surface area contributed by atoms with Crippen LogP contribution >= 0.6 is 0 Å². The number of hydrogen-bond donors (Lipinski definition) is 1. The minimum atomic E-state index is 0.625. The van der Waals surface area contributed by atoms with Gasteiger partial charge in [-0.05, 0) is 46.3 Å². The fourth-order valence-electron chi connectivity index (χ4n) is 2.35. The summed E-state index contributed by atoms with van der Waals surface area (Å²) in [6.07, 6.45) is 10.1. The van der Waals surface area contributed by atoms with Crippen LogP contribution in [0.15, 0.2) is 70.3 Å². The lowest BCUT2D eigenvalue weighted by Crippen LogP contribution is -2.16. The zero-order valence-corrected chi connectivity index (χ0v) is 16.9. The molecule has 0 aliphatic carbocycles. The van der Waals surface area contributed by atoms with Gasteiger partial charge in [-0.15, -0.1) is 0 Å². The first-order valence-electron chi connectivity index (χ1n) is 8.89. The number of hydrogen-bond acceptors (Lipinski definition) is 3. The van der Waals surface area contributed by atoms with E-state index in [1.165, 1.54) is 11.1 Å². The molecule has 0 atom stereocenters. The molecule has 0 amide bonds. The second kappa shape index (κ2) is 11.0. The number of aryl methyl sites for hydroxylation is 1. The molecular formula is C23H31N3. The minimum absolute atomic E-state index is 0.625. The Morgan fingerprint density at radius 1 is 1.15 bits per heavy atom. The molecule has 1 N–H and O–H groups in total. The van der Waals surface area contributed by atoms with Crippen molar-refractivity contribution in [2.45, 2.75) is 34.6 Å². The van der Waals surface area contributed by atoms with Crippen LogP contribution in [0.3, 0.4) is 0 Å². The summed E-state index contributed by atoms with van der Waals surface area (Å²) in [7, 11) is 1.78. The summed E-state index contributed by atoms with van der Waals surface area (Å²) in [6, 6.07) is 6.18. The predicted octanol–water partition coefficient (Wildman–Crippen LogP) is 5.49. The molecule has 0 bridgehead atoms. The van der Waals surface area contributed by atoms with E-state index in [0.717, 1.165) is 28.2 Å². The number of benzene rings is 1. The Labute approximate surface area is 158 Å². The van der Waals surface area contributed by atoms with E-state index in [1.54, 1.807) is 7.05 Å². The van der Waals surface area contributed by atoms with E-state index in [-0.39, 0.29) is 0 Å². The lowest BCUT2D eigenvalue weighted by Gasteiger charge is -2.14. The molecule has 0 fully saturated rings. The van der Waals surface area contributed by atoms with Gasteiger partial charge in [0, 0.05) is 35.8 Å². The molecule has 0 aliphatic rings. The zero-order chi connectivity index (χ0) is 19.5. The van der Waals surface area contributed by atoms with Crippen molar-refractivity contribution in [1.82, 2.24) is 5.32 Å². The highest BCUT2D eigenvalue weighted by Gasteiger charge is 2.07. The summed E-state index contributed by atoms with van der Waals surface area (Å²) in [5.74, 6) is 0. The molecule has 26 heavy (non-hydrogen) atoms. The van der Waals surface area contributed by atoms with Gasteiger partial charge in [0.25, 0.3) is 0 Å². The van der Waals surface area contributed by atoms with Crippen LogP contribution in [0.1, 0.15) is 44.4 Å². The first kappa shape index (κ1) is 21.4. The van der Waals surface area contributed by atoms with Gasteiger partial charge in [-0.2, -0.15) is 0 Å². The summed E-state index contributed by atoms with van der Waals surface area (Å²) in [5, 5.41) is 3.39. The average molecular weight is 350 g/mol. The van der Waals surface area contributed by atoms with Gasteiger partial charge in [0.05, 0.1) is 12.2 Å². The molecule has 0 saturated heterocycles. The maximum Gasteiger partial charge on any atom is 0.0570 e. The third-order valence-electron chi connectivity index (χ3n) is 4.09. The van der Waals surface area contributed by atoms with Gasteiger partial charge in [0.15, 0.2) is 0 Å². The Kier molecular flexibility index (Phi) is 9.07. The summed E-state index contributed by atoms with van der Waals surface area (Å²) in [4.78, 5) is 8.84. The second-order valence-electron chi connectivity index (χ2n) is 6.15. The summed E-state index contributed by atoms with van der Waals surface area (Å²) >= 11 is 0. The molecule has 0 unspecified atom stereocenters. The van der Waals surface area contributed by atoms with Crippen molar-refractivity contribution in [1.29, 1.82) is 0 Å². The van der Waals surface area contributed by atoms with Crippen molar-refractivity contribution in [2.75, 3.05) is 13.6 Å². The van der Waals surface area contributed by atoms with E-state index in [9.17, 15) is 0 Å². The van der Waals surface area contributed by atoms with Crippen molar-refractivity contribution >= 4 is 17.6 Å². The Morgan fingerprint density at radius 3 is 2.50 bits per heavy atom. The van der Waals surface area contributed by atoms with Crippen LogP contribution in [0.2, 0.25) is 0 Å². The number of aliphatic imine (C=N–C) groups is 2. The summed E-state index contributed by atoms with van der Waals surface area (Å²) in [5.41, 5.74) is 7.38. The molecule has 138 valence electrons. The third-order valence-corrected chi connectivity index (χ3v) is 4.09. The van der Waals surface area contributed by atoms with Gasteiger partial charge in [-0.25, -0.2) is 0 Å². The van der Waals surface area contributed by atoms with Crippen LogP contribution in [-0.2, 0) is 0 Å². The molecule has 3 nitrogen and oxygen atoms in total. The fourth-order valence-corrected chi connectivity index (χ4v) is 2.35. The van der Waals surface area contributed by atoms with E-state index < -0.39 is 0 Å². The van der Waals surface area contributed by atoms with Gasteiger partial charge in [-0.3, -0.25) is 9.98 Å². The number of rotatable bonds is 8. The minimum Gasteiger partial charge on any atom is -0.379 e. The Hall–Kier alpha value is -2.68. The summed E-state index contributed by atoms with van der Waals surface area (Å²) < 4.78 is 0. The van der Waals surface area contributed by atoms with E-state index in [0.29, 0.717) is 6.54 Å². The number of nitrogens with one attached hydrogen (secondary N) is 1. The molecule has 1 rings (SSSR count). The second-order valence-corrected chi connectivity index (χ2v) is 6.15. The lowest BCUT2D eigenvalue weighted by molar-refractivity contribution is 0.941. The lowest BCUT2D eigenvalue weighted by atomic mass is 10.0. The average Bonchev–Trinajstić information content (AvgIpc) is 2.64. The number of nitrogens with zero attached hydrogens (tertiary/aromatic N) is 2. The van der Waals surface area contributed by atoms with Crippen molar-refractivity contribution < 1.29 is 0 Å². The highest BCUT2D eigenvalue weighted by atomic mass is 14.9. The van der Waals surface area contributed by atoms with E-state index in [4.69, 9.17) is 0 Å². The van der Waals surface area contributed by atoms with Crippen molar-refractivity contribution in [2.24, 2.45) is 9.98 Å². The zero-order valence-electron chi connectivity index (χ0n) is 16.9. The SMILES string of the molecule is C=C(NCC(=C/C)/N=C(C)/C=C\C(C)=C/C)c1cccc(C)c1C=NC. The summed E-state index contributed by atoms with van der Waals surface area (Å²) in [6.45, 7) is 15.0. The monoisotopic (exact) mass is 349 g/mol. The van der Waals surface area contributed by atoms with Gasteiger partial charge >= 0.3 is 0 Å². The van der Waals surface area contributed by atoms with Crippen molar-refractivity contribution in [3.05, 3.63) is 77.0 Å². The molecule has 3 heteroatoms. The Morgan fingerprint density at radius 2 is 1.88 bits per heavy atom. The molecular weight excluding hydrogens is 318 g/mol. The van der Waals surface area contributed by atoms with E-state index in [2.05, 4.69) is 60.0 Å². The topological polar surface area (TPSA) is 36.8 Å². The fraction of sp³-hybridized carbons (Fsp3) is 0.304. The largest absolute Gasteiger partial charge is 0.379 e. The third kappa shape index (κ3) is 6.67. The van der Waals surface area contributed by atoms with E-state index >= 15 is 0 Å². The molecule has 0 spiro atoms. The Bertz CT molecular complexity index is 775. The quantitative estimate of drug-likeness (QED) is 0.489. The number of allylic oxidation sites excluding steroid dienone is 5. The predicted molar refractivity (Wildman–Crippen MR) is 117 cm³/mol. The maximum atomic E-state index is 4.68. The molecule has 0 saturated carbocycles. The van der Waals surface area contributed by atoms with Crippen LogP contribution in [-0.4, -0.2) is 25.5 Å². The van der Waals surface area contributed by atoms with Crippen LogP contribution < -0.4 is 5.32 Å². The van der Waals surface area contributed by atoms with Gasteiger partial charge in [0.2, 0.25) is 0 Å². The van der Waals surface area contributed by atoms with Gasteiger partial charge in [0.1, 0.15) is 0 Å². The van der Waals surface area contributed by atoms with Crippen LogP contribution in [0.5, 0.6) is 0 Å². The first-order chi connectivity index (χ1) is 12.4. The molecule has 0 aromatic heterocycles. The standard InChI is InChI=1S/C23H31N3/c1-8-17(3)13-14-19(5)26-21(9-2)15-25-20(6)22-12-10-11-18(4)23(22)16-24-7/h8-14,16,25H,6,15H2,1-5,7H3/b14-13-,17-8-,21-9-,24-16?,26-19+. The smallest absolute Gasteiger partial charge is 0.0570 e. The van der Waals surface area contributed by atoms with Crippen LogP contribution in [0.4, 0.5) is 0 Å². The molecule has 0 heterocycles. The highest BCUT2D eigenvalue weighted by Crippen LogP contribution is 2.18. The van der Waals surface area contributed by atoms with Crippen molar-refractivity contribution in [3.8, 4) is 0 Å². The van der Waals surface area contributed by atoms with Crippen LogP contribution in [0.25, 0.3) is 5.70 Å². The van der Waals surface area contributed by atoms with Crippen LogP contribution in [0, 0.1) is 6.92 Å². The maximum absolute atomic E-state index is 4.68. The van der Waals surface area contributed by atoms with E-state index in [1.807, 2.05) is 45.2 Å². The Balaban J connectivity index is 2.86. The highest BCUT2D eigenvalue weighted by molar-refractivity contribution is 5.94. The van der Waals surface area contributed by atoms with Crippen molar-refractivity contribution in [3.63, 3.8) is 0 Å².